The molecule has 0 spiro atoms. The molecule has 21 heavy (non-hydrogen) atoms. The van der Waals surface area contributed by atoms with Crippen molar-refractivity contribution in [3.8, 4) is 0 Å². The van der Waals surface area contributed by atoms with Crippen molar-refractivity contribution in [1.29, 1.82) is 0 Å². The van der Waals surface area contributed by atoms with Crippen molar-refractivity contribution in [2.45, 2.75) is 19.4 Å². The molecule has 3 rings (SSSR count). The molecule has 1 fully saturated rings. The van der Waals surface area contributed by atoms with Gasteiger partial charge in [0.2, 0.25) is 0 Å². The Hall–Kier alpha value is -2.51. The number of anilines is 1. The molecule has 8 heteroatoms. The molecule has 1 aliphatic heterocycles. The third-order valence-corrected chi connectivity index (χ3v) is 3.61. The summed E-state index contributed by atoms with van der Waals surface area (Å²) in [4.78, 5) is 25.0. The van der Waals surface area contributed by atoms with Crippen molar-refractivity contribution in [1.82, 2.24) is 24.7 Å². The number of piperidine rings is 1. The van der Waals surface area contributed by atoms with Gasteiger partial charge in [-0.15, -0.1) is 0 Å². The third-order valence-electron chi connectivity index (χ3n) is 3.61. The van der Waals surface area contributed by atoms with Crippen LogP contribution >= 0.6 is 0 Å². The van der Waals surface area contributed by atoms with E-state index in [1.807, 2.05) is 4.68 Å². The number of carbonyl (C=O) groups is 1. The summed E-state index contributed by atoms with van der Waals surface area (Å²) in [5, 5.41) is 13.0. The average molecular weight is 288 g/mol. The highest BCUT2D eigenvalue weighted by Crippen LogP contribution is 2.22. The van der Waals surface area contributed by atoms with Crippen molar-refractivity contribution in [3.63, 3.8) is 0 Å². The standard InChI is InChI=1S/C13H16N6O2/c20-13(21)11-4-16-12(5-15-11)18-3-1-2-10(6-18)7-19-9-14-8-17-19/h4-5,8-10H,1-3,6-7H2,(H,20,21). The Morgan fingerprint density at radius 2 is 2.29 bits per heavy atom. The minimum atomic E-state index is -1.06. The number of nitrogens with zero attached hydrogens (tertiary/aromatic N) is 6. The molecule has 1 saturated heterocycles. The molecular formula is C13H16N6O2. The van der Waals surface area contributed by atoms with Gasteiger partial charge < -0.3 is 10.0 Å². The summed E-state index contributed by atoms with van der Waals surface area (Å²) in [6.07, 6.45) is 8.30. The highest BCUT2D eigenvalue weighted by Gasteiger charge is 2.22. The Bertz CT molecular complexity index is 598. The predicted molar refractivity (Wildman–Crippen MR) is 74.0 cm³/mol. The van der Waals surface area contributed by atoms with Crippen LogP contribution in [0, 0.1) is 5.92 Å². The van der Waals surface area contributed by atoms with Crippen LogP contribution in [0.2, 0.25) is 0 Å². The Labute approximate surface area is 121 Å². The zero-order valence-corrected chi connectivity index (χ0v) is 11.5. The molecule has 1 N–H and O–H groups in total. The van der Waals surface area contributed by atoms with E-state index >= 15 is 0 Å². The molecule has 8 nitrogen and oxygen atoms in total. The van der Waals surface area contributed by atoms with Gasteiger partial charge in [0.1, 0.15) is 18.5 Å². The molecule has 0 bridgehead atoms. The second-order valence-electron chi connectivity index (χ2n) is 5.14. The van der Waals surface area contributed by atoms with Crippen LogP contribution in [0.1, 0.15) is 23.3 Å². The van der Waals surface area contributed by atoms with Crippen LogP contribution in [0.5, 0.6) is 0 Å². The zero-order valence-electron chi connectivity index (χ0n) is 11.5. The van der Waals surface area contributed by atoms with E-state index < -0.39 is 5.97 Å². The van der Waals surface area contributed by atoms with Gasteiger partial charge in [-0.05, 0) is 18.8 Å². The largest absolute Gasteiger partial charge is 0.476 e. The lowest BCUT2D eigenvalue weighted by atomic mass is 9.98. The highest BCUT2D eigenvalue weighted by atomic mass is 16.4. The van der Waals surface area contributed by atoms with Gasteiger partial charge in [0.15, 0.2) is 5.69 Å². The first-order valence-corrected chi connectivity index (χ1v) is 6.85. The van der Waals surface area contributed by atoms with Gasteiger partial charge in [-0.25, -0.2) is 19.7 Å². The summed E-state index contributed by atoms with van der Waals surface area (Å²) < 4.78 is 1.84. The van der Waals surface area contributed by atoms with Crippen LogP contribution in [0.3, 0.4) is 0 Å². The molecule has 3 heterocycles. The van der Waals surface area contributed by atoms with Gasteiger partial charge in [0, 0.05) is 19.6 Å². The summed E-state index contributed by atoms with van der Waals surface area (Å²) >= 11 is 0. The first kappa shape index (κ1) is 13.5. The molecule has 1 atom stereocenters. The van der Waals surface area contributed by atoms with E-state index in [0.29, 0.717) is 5.92 Å². The summed E-state index contributed by atoms with van der Waals surface area (Å²) in [7, 11) is 0. The van der Waals surface area contributed by atoms with Crippen molar-refractivity contribution >= 4 is 11.8 Å². The molecule has 0 aliphatic carbocycles. The van der Waals surface area contributed by atoms with Gasteiger partial charge in [0.25, 0.3) is 0 Å². The van der Waals surface area contributed by atoms with Crippen LogP contribution in [0.25, 0.3) is 0 Å². The van der Waals surface area contributed by atoms with Crippen molar-refractivity contribution in [2.24, 2.45) is 5.92 Å². The second-order valence-corrected chi connectivity index (χ2v) is 5.14. The zero-order chi connectivity index (χ0) is 14.7. The molecule has 0 radical (unpaired) electrons. The lowest BCUT2D eigenvalue weighted by Crippen LogP contribution is -2.37. The van der Waals surface area contributed by atoms with E-state index in [2.05, 4.69) is 25.0 Å². The fourth-order valence-corrected chi connectivity index (χ4v) is 2.61. The van der Waals surface area contributed by atoms with Crippen LogP contribution in [0.15, 0.2) is 25.0 Å². The molecule has 2 aromatic heterocycles. The number of carboxylic acid groups (broad SMARTS) is 1. The minimum Gasteiger partial charge on any atom is -0.476 e. The molecule has 1 aliphatic rings. The normalized spacial score (nSPS) is 18.7. The number of aromatic nitrogens is 5. The Balaban J connectivity index is 1.66. The van der Waals surface area contributed by atoms with E-state index in [1.165, 1.54) is 18.7 Å². The molecule has 2 aromatic rings. The fraction of sp³-hybridized carbons (Fsp3) is 0.462. The van der Waals surface area contributed by atoms with Crippen molar-refractivity contribution in [3.05, 3.63) is 30.7 Å². The van der Waals surface area contributed by atoms with Gasteiger partial charge in [-0.1, -0.05) is 0 Å². The van der Waals surface area contributed by atoms with Crippen molar-refractivity contribution < 1.29 is 9.90 Å². The smallest absolute Gasteiger partial charge is 0.356 e. The molecular weight excluding hydrogens is 272 g/mol. The molecule has 0 amide bonds. The van der Waals surface area contributed by atoms with Crippen molar-refractivity contribution in [2.75, 3.05) is 18.0 Å². The first-order chi connectivity index (χ1) is 10.2. The van der Waals surface area contributed by atoms with Crippen LogP contribution < -0.4 is 4.90 Å². The first-order valence-electron chi connectivity index (χ1n) is 6.85. The van der Waals surface area contributed by atoms with E-state index in [9.17, 15) is 4.79 Å². The maximum atomic E-state index is 10.8. The van der Waals surface area contributed by atoms with Gasteiger partial charge in [-0.2, -0.15) is 5.10 Å². The van der Waals surface area contributed by atoms with E-state index in [1.54, 1.807) is 6.33 Å². The molecule has 1 unspecified atom stereocenters. The molecule has 110 valence electrons. The van der Waals surface area contributed by atoms with Crippen LogP contribution in [-0.4, -0.2) is 48.9 Å². The number of carboxylic acids is 1. The lowest BCUT2D eigenvalue weighted by molar-refractivity contribution is 0.0690. The second kappa shape index (κ2) is 5.86. The van der Waals surface area contributed by atoms with Crippen LogP contribution in [-0.2, 0) is 6.54 Å². The van der Waals surface area contributed by atoms with E-state index in [0.717, 1.165) is 38.3 Å². The van der Waals surface area contributed by atoms with E-state index in [-0.39, 0.29) is 5.69 Å². The number of rotatable bonds is 4. The summed E-state index contributed by atoms with van der Waals surface area (Å²) in [6, 6.07) is 0. The summed E-state index contributed by atoms with van der Waals surface area (Å²) in [5.74, 6) is 0.140. The quantitative estimate of drug-likeness (QED) is 0.883. The van der Waals surface area contributed by atoms with Crippen LogP contribution in [0.4, 0.5) is 5.82 Å². The monoisotopic (exact) mass is 288 g/mol. The topological polar surface area (TPSA) is 97.0 Å². The lowest BCUT2D eigenvalue weighted by Gasteiger charge is -2.33. The summed E-state index contributed by atoms with van der Waals surface area (Å²) in [5.41, 5.74) is -0.0325. The maximum absolute atomic E-state index is 10.8. The molecule has 0 aromatic carbocycles. The Morgan fingerprint density at radius 1 is 1.38 bits per heavy atom. The number of aromatic carboxylic acids is 1. The van der Waals surface area contributed by atoms with Gasteiger partial charge in [0.05, 0.1) is 12.4 Å². The van der Waals surface area contributed by atoms with Gasteiger partial charge >= 0.3 is 5.97 Å². The van der Waals surface area contributed by atoms with Gasteiger partial charge in [-0.3, -0.25) is 4.68 Å². The predicted octanol–water partition coefficient (Wildman–Crippen LogP) is 0.683. The molecule has 0 saturated carbocycles. The van der Waals surface area contributed by atoms with E-state index in [4.69, 9.17) is 5.11 Å². The Kier molecular flexibility index (Phi) is 3.76. The minimum absolute atomic E-state index is 0.0325. The third kappa shape index (κ3) is 3.15. The SMILES string of the molecule is O=C(O)c1cnc(N2CCCC(Cn3cncn3)C2)cn1. The number of hydrogen-bond donors (Lipinski definition) is 1. The Morgan fingerprint density at radius 3 is 2.95 bits per heavy atom. The maximum Gasteiger partial charge on any atom is 0.356 e. The highest BCUT2D eigenvalue weighted by molar-refractivity contribution is 5.84. The average Bonchev–Trinajstić information content (AvgIpc) is 3.00. The number of hydrogen-bond acceptors (Lipinski definition) is 6. The summed E-state index contributed by atoms with van der Waals surface area (Å²) in [6.45, 7) is 2.60. The fourth-order valence-electron chi connectivity index (χ4n) is 2.61.